The van der Waals surface area contributed by atoms with Crippen molar-refractivity contribution in [2.75, 3.05) is 17.1 Å². The van der Waals surface area contributed by atoms with Crippen LogP contribution in [0.3, 0.4) is 0 Å². The molecular weight excluding hydrogens is 439 g/mol. The number of nitrogens with one attached hydrogen (secondary N) is 1. The van der Waals surface area contributed by atoms with Crippen LogP contribution in [0.25, 0.3) is 0 Å². The van der Waals surface area contributed by atoms with Crippen LogP contribution in [-0.2, 0) is 21.0 Å². The molecule has 0 unspecified atom stereocenters. The third-order valence-electron chi connectivity index (χ3n) is 3.50. The summed E-state index contributed by atoms with van der Waals surface area (Å²) in [4.78, 5) is 12.9. The van der Waals surface area contributed by atoms with Crippen molar-refractivity contribution in [3.8, 4) is 0 Å². The molecule has 0 spiro atoms. The number of hydrazone groups is 1. The zero-order valence-electron chi connectivity index (χ0n) is 14.6. The van der Waals surface area contributed by atoms with Gasteiger partial charge in [-0.2, -0.15) is 18.3 Å². The lowest BCUT2D eigenvalue weighted by Gasteiger charge is -2.22. The molecule has 0 radical (unpaired) electrons. The summed E-state index contributed by atoms with van der Waals surface area (Å²) in [5.41, 5.74) is 1.56. The molecule has 0 atom stereocenters. The number of rotatable bonds is 6. The van der Waals surface area contributed by atoms with Crippen LogP contribution in [0.5, 0.6) is 0 Å². The van der Waals surface area contributed by atoms with Gasteiger partial charge in [0.1, 0.15) is 6.54 Å². The number of aryl methyl sites for hydroxylation is 1. The Bertz CT molecular complexity index is 1000. The van der Waals surface area contributed by atoms with Gasteiger partial charge in [-0.1, -0.05) is 11.6 Å². The minimum atomic E-state index is -4.78. The standard InChI is InChI=1S/C16H15ClF3N3O3S2/c1-10-5-6-27-14(10)8-21-22-15(24)9-23(28(2,25)26)11-3-4-13(17)12(7-11)16(18,19)20/h3-8H,9H2,1-2H3,(H,22,24)/b21-8-. The number of alkyl halides is 3. The second kappa shape index (κ2) is 8.50. The molecule has 0 aliphatic carbocycles. The molecule has 0 saturated heterocycles. The molecule has 1 amide bonds. The van der Waals surface area contributed by atoms with Crippen LogP contribution in [0.2, 0.25) is 5.02 Å². The Hall–Kier alpha value is -2.11. The number of anilines is 1. The predicted molar refractivity (Wildman–Crippen MR) is 103 cm³/mol. The Morgan fingerprint density at radius 3 is 2.57 bits per heavy atom. The molecule has 1 aromatic heterocycles. The van der Waals surface area contributed by atoms with E-state index < -0.39 is 39.2 Å². The maximum absolute atomic E-state index is 13.0. The van der Waals surface area contributed by atoms with Gasteiger partial charge in [-0.15, -0.1) is 11.3 Å². The molecule has 152 valence electrons. The largest absolute Gasteiger partial charge is 0.417 e. The first-order chi connectivity index (χ1) is 12.9. The lowest BCUT2D eigenvalue weighted by Crippen LogP contribution is -2.39. The highest BCUT2D eigenvalue weighted by Crippen LogP contribution is 2.37. The summed E-state index contributed by atoms with van der Waals surface area (Å²) in [5, 5.41) is 4.99. The number of carbonyl (C=O) groups is 1. The van der Waals surface area contributed by atoms with Gasteiger partial charge in [-0.25, -0.2) is 13.8 Å². The Labute approximate surface area is 168 Å². The van der Waals surface area contributed by atoms with Crippen LogP contribution in [0, 0.1) is 6.92 Å². The van der Waals surface area contributed by atoms with Crippen LogP contribution in [0.1, 0.15) is 16.0 Å². The van der Waals surface area contributed by atoms with Crippen molar-refractivity contribution < 1.29 is 26.4 Å². The number of hydrogen-bond acceptors (Lipinski definition) is 5. The highest BCUT2D eigenvalue weighted by molar-refractivity contribution is 7.92. The third-order valence-corrected chi connectivity index (χ3v) is 5.93. The summed E-state index contributed by atoms with van der Waals surface area (Å²) >= 11 is 6.95. The van der Waals surface area contributed by atoms with Crippen LogP contribution < -0.4 is 9.73 Å². The van der Waals surface area contributed by atoms with E-state index in [0.29, 0.717) is 10.4 Å². The van der Waals surface area contributed by atoms with Gasteiger partial charge < -0.3 is 0 Å². The SMILES string of the molecule is Cc1ccsc1/C=N\NC(=O)CN(c1ccc(Cl)c(C(F)(F)F)c1)S(C)(=O)=O. The number of amides is 1. The van der Waals surface area contributed by atoms with E-state index in [1.165, 1.54) is 17.6 Å². The van der Waals surface area contributed by atoms with Crippen molar-refractivity contribution in [2.45, 2.75) is 13.1 Å². The number of sulfonamides is 1. The summed E-state index contributed by atoms with van der Waals surface area (Å²) in [6.45, 7) is 1.10. The Morgan fingerprint density at radius 1 is 1.36 bits per heavy atom. The first-order valence-corrected chi connectivity index (χ1v) is 10.7. The van der Waals surface area contributed by atoms with Crippen molar-refractivity contribution in [1.29, 1.82) is 0 Å². The molecule has 0 aliphatic heterocycles. The van der Waals surface area contributed by atoms with Crippen molar-refractivity contribution in [3.63, 3.8) is 0 Å². The number of nitrogens with zero attached hydrogens (tertiary/aromatic N) is 2. The highest BCUT2D eigenvalue weighted by atomic mass is 35.5. The van der Waals surface area contributed by atoms with E-state index in [4.69, 9.17) is 11.6 Å². The number of hydrogen-bond donors (Lipinski definition) is 1. The van der Waals surface area contributed by atoms with Crippen molar-refractivity contribution in [3.05, 3.63) is 50.7 Å². The molecule has 0 fully saturated rings. The van der Waals surface area contributed by atoms with Gasteiger partial charge in [0, 0.05) is 4.88 Å². The number of halogens is 4. The average Bonchev–Trinajstić information content (AvgIpc) is 2.96. The van der Waals surface area contributed by atoms with Gasteiger partial charge in [0.2, 0.25) is 10.0 Å². The fourth-order valence-corrected chi connectivity index (χ4v) is 3.99. The van der Waals surface area contributed by atoms with E-state index in [2.05, 4.69) is 10.5 Å². The van der Waals surface area contributed by atoms with Crippen LogP contribution in [0.15, 0.2) is 34.7 Å². The molecule has 0 bridgehead atoms. The van der Waals surface area contributed by atoms with Crippen LogP contribution in [-0.4, -0.2) is 33.3 Å². The van der Waals surface area contributed by atoms with Crippen LogP contribution >= 0.6 is 22.9 Å². The van der Waals surface area contributed by atoms with Gasteiger partial charge in [-0.05, 0) is 42.1 Å². The number of carbonyl (C=O) groups excluding carboxylic acids is 1. The molecule has 2 aromatic rings. The van der Waals surface area contributed by atoms with Gasteiger partial charge >= 0.3 is 6.18 Å². The van der Waals surface area contributed by atoms with Gasteiger partial charge in [-0.3, -0.25) is 9.10 Å². The third kappa shape index (κ3) is 5.69. The molecular formula is C16H15ClF3N3O3S2. The van der Waals surface area contributed by atoms with E-state index in [-0.39, 0.29) is 5.69 Å². The fourth-order valence-electron chi connectivity index (χ4n) is 2.13. The van der Waals surface area contributed by atoms with E-state index in [0.717, 1.165) is 28.8 Å². The Morgan fingerprint density at radius 2 is 2.04 bits per heavy atom. The zero-order valence-corrected chi connectivity index (χ0v) is 17.0. The number of benzene rings is 1. The second-order valence-corrected chi connectivity index (χ2v) is 8.95. The quantitative estimate of drug-likeness (QED) is 0.535. The van der Waals surface area contributed by atoms with Gasteiger partial charge in [0.15, 0.2) is 0 Å². The number of thiophene rings is 1. The lowest BCUT2D eigenvalue weighted by atomic mass is 10.2. The monoisotopic (exact) mass is 453 g/mol. The van der Waals surface area contributed by atoms with Crippen LogP contribution in [0.4, 0.5) is 18.9 Å². The van der Waals surface area contributed by atoms with E-state index in [1.54, 1.807) is 0 Å². The minimum absolute atomic E-state index is 0.340. The highest BCUT2D eigenvalue weighted by Gasteiger charge is 2.34. The minimum Gasteiger partial charge on any atom is -0.271 e. The molecule has 1 N–H and O–H groups in total. The second-order valence-electron chi connectivity index (χ2n) is 5.69. The Kier molecular flexibility index (Phi) is 6.73. The first kappa shape index (κ1) is 22.2. The van der Waals surface area contributed by atoms with E-state index >= 15 is 0 Å². The van der Waals surface area contributed by atoms with Crippen molar-refractivity contribution in [1.82, 2.24) is 5.43 Å². The first-order valence-electron chi connectivity index (χ1n) is 7.60. The molecule has 12 heteroatoms. The summed E-state index contributed by atoms with van der Waals surface area (Å²) in [5.74, 6) is -0.820. The van der Waals surface area contributed by atoms with Crippen molar-refractivity contribution in [2.24, 2.45) is 5.10 Å². The van der Waals surface area contributed by atoms with Gasteiger partial charge in [0.05, 0.1) is 28.7 Å². The summed E-state index contributed by atoms with van der Waals surface area (Å²) < 4.78 is 63.7. The molecule has 2 rings (SSSR count). The maximum atomic E-state index is 13.0. The molecule has 28 heavy (non-hydrogen) atoms. The van der Waals surface area contributed by atoms with Gasteiger partial charge in [0.25, 0.3) is 5.91 Å². The predicted octanol–water partition coefficient (Wildman–Crippen LogP) is 3.65. The topological polar surface area (TPSA) is 78.8 Å². The molecule has 0 aliphatic rings. The lowest BCUT2D eigenvalue weighted by molar-refractivity contribution is -0.137. The molecule has 1 heterocycles. The van der Waals surface area contributed by atoms with E-state index in [9.17, 15) is 26.4 Å². The Balaban J connectivity index is 2.22. The fraction of sp³-hybridized carbons (Fsp3) is 0.250. The summed E-state index contributed by atoms with van der Waals surface area (Å²) in [6, 6.07) is 4.45. The smallest absolute Gasteiger partial charge is 0.271 e. The average molecular weight is 454 g/mol. The summed E-state index contributed by atoms with van der Waals surface area (Å²) in [7, 11) is -4.05. The molecule has 6 nitrogen and oxygen atoms in total. The van der Waals surface area contributed by atoms with E-state index in [1.807, 2.05) is 18.4 Å². The zero-order chi connectivity index (χ0) is 21.1. The van der Waals surface area contributed by atoms with Crippen molar-refractivity contribution >= 4 is 50.8 Å². The normalized spacial score (nSPS) is 12.4. The molecule has 0 saturated carbocycles. The maximum Gasteiger partial charge on any atom is 0.417 e. The molecule has 1 aromatic carbocycles. The summed E-state index contributed by atoms with van der Waals surface area (Å²) in [6.07, 6.45) is -2.60.